The van der Waals surface area contributed by atoms with Crippen LogP contribution in [0.1, 0.15) is 29.5 Å². The lowest BCUT2D eigenvalue weighted by Gasteiger charge is -2.37. The standard InChI is InChI=1S/C22H21BO2.2CH5N3/c24-23(25)18-10-17-22(19-11-4-1-5-12-19,20-13-6-2-7-14-20)21-15-8-3-9-16-21;2*2-1(3)4/h1-9,11-16H,10,17-18H2;2*(H5,2,3,4)/q-2;;/p+2. The van der Waals surface area contributed by atoms with Crippen LogP contribution in [0.15, 0.2) is 91.0 Å². The van der Waals surface area contributed by atoms with E-state index in [2.05, 4.69) is 70.2 Å². The molecule has 0 spiro atoms. The maximum Gasteiger partial charge on any atom is 0.336 e. The lowest BCUT2D eigenvalue weighted by atomic mass is 9.65. The van der Waals surface area contributed by atoms with E-state index in [1.165, 1.54) is 16.7 Å². The van der Waals surface area contributed by atoms with Gasteiger partial charge in [-0.05, 0) is 23.1 Å². The van der Waals surface area contributed by atoms with Crippen molar-refractivity contribution in [1.29, 1.82) is 0 Å². The molecule has 0 aliphatic carbocycles. The third-order valence-corrected chi connectivity index (χ3v) is 4.79. The van der Waals surface area contributed by atoms with E-state index in [-0.39, 0.29) is 23.7 Å². The number of benzene rings is 3. The van der Waals surface area contributed by atoms with Gasteiger partial charge in [0.05, 0.1) is 0 Å². The first-order chi connectivity index (χ1) is 15.7. The number of hydrogen-bond donors (Lipinski definition) is 6. The summed E-state index contributed by atoms with van der Waals surface area (Å²) in [5.41, 5.74) is 21.5. The Labute approximate surface area is 195 Å². The first-order valence-electron chi connectivity index (χ1n) is 10.4. The summed E-state index contributed by atoms with van der Waals surface area (Å²) in [5, 5.41) is 31.3. The minimum absolute atomic E-state index is 0.0833. The number of hydrogen-bond acceptors (Lipinski definition) is 2. The van der Waals surface area contributed by atoms with Crippen molar-refractivity contribution in [2.45, 2.75) is 24.6 Å². The van der Waals surface area contributed by atoms with Crippen molar-refractivity contribution in [1.82, 2.24) is 0 Å². The Balaban J connectivity index is 0.000000591. The van der Waals surface area contributed by atoms with Crippen molar-refractivity contribution in [2.75, 3.05) is 0 Å². The van der Waals surface area contributed by atoms with E-state index in [1.807, 2.05) is 54.6 Å². The fourth-order valence-electron chi connectivity index (χ4n) is 3.63. The van der Waals surface area contributed by atoms with Gasteiger partial charge in [0.15, 0.2) is 0 Å². The van der Waals surface area contributed by atoms with Crippen LogP contribution >= 0.6 is 0 Å². The molecule has 3 aromatic carbocycles. The molecule has 174 valence electrons. The van der Waals surface area contributed by atoms with Crippen LogP contribution in [0.5, 0.6) is 0 Å². The van der Waals surface area contributed by atoms with E-state index in [9.17, 15) is 10.0 Å². The van der Waals surface area contributed by atoms with Crippen LogP contribution < -0.4 is 43.8 Å². The topological polar surface area (TPSA) is 201 Å². The van der Waals surface area contributed by atoms with Crippen LogP contribution in [-0.4, -0.2) is 19.0 Å². The molecule has 12 N–H and O–H groups in total. The van der Waals surface area contributed by atoms with Crippen molar-refractivity contribution in [3.8, 4) is 0 Å². The molecular weight excluding hydrogens is 415 g/mol. The van der Waals surface area contributed by atoms with Crippen molar-refractivity contribution in [3.05, 3.63) is 108 Å². The van der Waals surface area contributed by atoms with Crippen molar-refractivity contribution in [2.24, 2.45) is 22.9 Å². The molecule has 0 atom stereocenters. The summed E-state index contributed by atoms with van der Waals surface area (Å²) in [5.74, 6) is -0.167. The van der Waals surface area contributed by atoms with Gasteiger partial charge in [0, 0.05) is 5.41 Å². The first-order valence-corrected chi connectivity index (χ1v) is 10.4. The highest BCUT2D eigenvalue weighted by atomic mass is 16.4. The number of nitrogens with two attached hydrogens (primary N) is 6. The smallest absolute Gasteiger partial charge is 0.336 e. The second-order valence-electron chi connectivity index (χ2n) is 7.33. The molecule has 3 rings (SSSR count). The third-order valence-electron chi connectivity index (χ3n) is 4.79. The van der Waals surface area contributed by atoms with Crippen LogP contribution in [0.3, 0.4) is 0 Å². The molecule has 0 radical (unpaired) electrons. The Hall–Kier alpha value is -3.82. The highest BCUT2D eigenvalue weighted by Gasteiger charge is 2.35. The molecule has 33 heavy (non-hydrogen) atoms. The maximum atomic E-state index is 11.1. The van der Waals surface area contributed by atoms with Crippen LogP contribution in [-0.2, 0) is 5.41 Å². The van der Waals surface area contributed by atoms with Gasteiger partial charge in [-0.2, -0.15) is 0 Å². The van der Waals surface area contributed by atoms with Crippen molar-refractivity contribution in [3.63, 3.8) is 0 Å². The zero-order chi connectivity index (χ0) is 24.7. The van der Waals surface area contributed by atoms with Crippen molar-refractivity contribution >= 4 is 19.0 Å². The molecule has 0 aliphatic heterocycles. The summed E-state index contributed by atoms with van der Waals surface area (Å²) in [4.78, 5) is 0. The normalized spacial score (nSPS) is 10.0. The van der Waals surface area contributed by atoms with E-state index >= 15 is 0 Å². The Kier molecular flexibility index (Phi) is 11.8. The molecule has 0 aliphatic rings. The van der Waals surface area contributed by atoms with Crippen LogP contribution in [0.25, 0.3) is 0 Å². The second kappa shape index (κ2) is 14.3. The maximum absolute atomic E-state index is 11.1. The highest BCUT2D eigenvalue weighted by molar-refractivity contribution is 6.36. The van der Waals surface area contributed by atoms with E-state index in [4.69, 9.17) is 0 Å². The average molecular weight is 448 g/mol. The number of rotatable bonds is 7. The van der Waals surface area contributed by atoms with E-state index in [0.29, 0.717) is 6.42 Å². The molecule has 0 saturated carbocycles. The Morgan fingerprint density at radius 3 is 1.15 bits per heavy atom. The summed E-state index contributed by atoms with van der Waals surface area (Å²) < 4.78 is 0. The first kappa shape index (κ1) is 27.2. The van der Waals surface area contributed by atoms with Gasteiger partial charge in [0.25, 0.3) is 0 Å². The minimum Gasteiger partial charge on any atom is -0.893 e. The molecule has 0 bridgehead atoms. The minimum atomic E-state index is -1.76. The second-order valence-corrected chi connectivity index (χ2v) is 7.33. The van der Waals surface area contributed by atoms with Gasteiger partial charge in [-0.1, -0.05) is 97.4 Å². The molecule has 8 nitrogen and oxygen atoms in total. The quantitative estimate of drug-likeness (QED) is 0.0965. The predicted molar refractivity (Wildman–Crippen MR) is 130 cm³/mol. The Bertz CT molecular complexity index is 840. The van der Waals surface area contributed by atoms with Crippen LogP contribution in [0.4, 0.5) is 0 Å². The van der Waals surface area contributed by atoms with Gasteiger partial charge in [0.2, 0.25) is 0 Å². The third kappa shape index (κ3) is 9.47. The lowest BCUT2D eigenvalue weighted by molar-refractivity contribution is -0.348. The lowest BCUT2D eigenvalue weighted by Crippen LogP contribution is -2.51. The largest absolute Gasteiger partial charge is 0.893 e. The molecule has 3 aromatic rings. The SMILES string of the molecule is NC(N)=[NH2+].NC(N)=[NH2+].[O-]B([O-])CCCC(c1ccccc1)(c1ccccc1)c1ccccc1. The fraction of sp³-hybridized carbons (Fsp3) is 0.167. The molecule has 0 unspecified atom stereocenters. The van der Waals surface area contributed by atoms with Crippen molar-refractivity contribution < 1.29 is 20.9 Å². The van der Waals surface area contributed by atoms with Crippen LogP contribution in [0, 0.1) is 0 Å². The predicted octanol–water partition coefficient (Wildman–Crippen LogP) is -2.95. The van der Waals surface area contributed by atoms with Crippen LogP contribution in [0.2, 0.25) is 6.32 Å². The molecule has 0 heterocycles. The van der Waals surface area contributed by atoms with Gasteiger partial charge >= 0.3 is 11.9 Å². The molecule has 0 saturated heterocycles. The molecule has 0 aromatic heterocycles. The Morgan fingerprint density at radius 1 is 0.636 bits per heavy atom. The van der Waals surface area contributed by atoms with E-state index in [0.717, 1.165) is 6.42 Å². The van der Waals surface area contributed by atoms with Gasteiger partial charge in [-0.15, -0.1) is 13.4 Å². The van der Waals surface area contributed by atoms with E-state index < -0.39 is 7.12 Å². The summed E-state index contributed by atoms with van der Waals surface area (Å²) in [6.07, 6.45) is 1.47. The molecular formula is C24H33BN6O2. The number of guanidine groups is 2. The fourth-order valence-corrected chi connectivity index (χ4v) is 3.63. The van der Waals surface area contributed by atoms with Gasteiger partial charge < -0.3 is 10.0 Å². The summed E-state index contributed by atoms with van der Waals surface area (Å²) >= 11 is 0. The van der Waals surface area contributed by atoms with E-state index in [1.54, 1.807) is 0 Å². The molecule has 9 heteroatoms. The van der Waals surface area contributed by atoms with Gasteiger partial charge in [0.1, 0.15) is 0 Å². The highest BCUT2D eigenvalue weighted by Crippen LogP contribution is 2.43. The van der Waals surface area contributed by atoms with Gasteiger partial charge in [-0.25, -0.2) is 0 Å². The molecule has 0 amide bonds. The monoisotopic (exact) mass is 448 g/mol. The van der Waals surface area contributed by atoms with Gasteiger partial charge in [-0.3, -0.25) is 33.8 Å². The summed E-state index contributed by atoms with van der Waals surface area (Å²) in [6.45, 7) is 0. The average Bonchev–Trinajstić information content (AvgIpc) is 2.78. The zero-order valence-electron chi connectivity index (χ0n) is 18.6. The Morgan fingerprint density at radius 2 is 0.909 bits per heavy atom. The summed E-state index contributed by atoms with van der Waals surface area (Å²) in [6, 6.07) is 31.1. The summed E-state index contributed by atoms with van der Waals surface area (Å²) in [7, 11) is -1.76. The zero-order valence-corrected chi connectivity index (χ0v) is 18.6. The molecule has 0 fully saturated rings.